The highest BCUT2D eigenvalue weighted by atomic mass is 16.3. The van der Waals surface area contributed by atoms with E-state index in [1.54, 1.807) is 28.8 Å². The van der Waals surface area contributed by atoms with E-state index in [-0.39, 0.29) is 17.1 Å². The van der Waals surface area contributed by atoms with Gasteiger partial charge in [-0.3, -0.25) is 9.59 Å². The summed E-state index contributed by atoms with van der Waals surface area (Å²) in [6.07, 6.45) is 3.07. The molecule has 0 aliphatic heterocycles. The van der Waals surface area contributed by atoms with Crippen molar-refractivity contribution in [3.63, 3.8) is 0 Å². The SMILES string of the molecule is CCCCn1c(O)c(C(=O)Nc2ncccc2O)c(=O)c2ccccc21. The Morgan fingerprint density at radius 1 is 1.19 bits per heavy atom. The molecule has 26 heavy (non-hydrogen) atoms. The van der Waals surface area contributed by atoms with Crippen LogP contribution in [0.25, 0.3) is 10.9 Å². The molecular weight excluding hydrogens is 334 g/mol. The molecule has 1 aromatic carbocycles. The minimum atomic E-state index is -0.822. The number of aryl methyl sites for hydroxylation is 1. The maximum Gasteiger partial charge on any atom is 0.266 e. The van der Waals surface area contributed by atoms with Crippen molar-refractivity contribution in [1.82, 2.24) is 9.55 Å². The molecule has 0 saturated carbocycles. The Morgan fingerprint density at radius 2 is 1.96 bits per heavy atom. The highest BCUT2D eigenvalue weighted by Gasteiger charge is 2.23. The second kappa shape index (κ2) is 7.26. The predicted molar refractivity (Wildman–Crippen MR) is 98.6 cm³/mol. The topological polar surface area (TPSA) is 104 Å². The molecule has 0 spiro atoms. The van der Waals surface area contributed by atoms with Gasteiger partial charge in [0, 0.05) is 18.1 Å². The van der Waals surface area contributed by atoms with Gasteiger partial charge in [-0.1, -0.05) is 25.5 Å². The smallest absolute Gasteiger partial charge is 0.266 e. The molecule has 0 unspecified atom stereocenters. The molecule has 0 radical (unpaired) electrons. The summed E-state index contributed by atoms with van der Waals surface area (Å²) in [4.78, 5) is 29.3. The van der Waals surface area contributed by atoms with Gasteiger partial charge in [0.2, 0.25) is 11.3 Å². The molecule has 7 heteroatoms. The van der Waals surface area contributed by atoms with Gasteiger partial charge < -0.3 is 20.1 Å². The summed E-state index contributed by atoms with van der Waals surface area (Å²) in [6, 6.07) is 9.71. The number of nitrogens with one attached hydrogen (secondary N) is 1. The molecule has 3 aromatic rings. The third-order valence-electron chi connectivity index (χ3n) is 4.13. The van der Waals surface area contributed by atoms with Gasteiger partial charge in [0.15, 0.2) is 11.6 Å². The lowest BCUT2D eigenvalue weighted by Gasteiger charge is -2.16. The Kier molecular flexibility index (Phi) is 4.88. The van der Waals surface area contributed by atoms with Crippen molar-refractivity contribution < 1.29 is 15.0 Å². The Bertz CT molecular complexity index is 1030. The first-order valence-electron chi connectivity index (χ1n) is 8.34. The van der Waals surface area contributed by atoms with Crippen molar-refractivity contribution in [2.24, 2.45) is 0 Å². The number of unbranched alkanes of at least 4 members (excludes halogenated alkanes) is 1. The van der Waals surface area contributed by atoms with Crippen LogP contribution in [-0.4, -0.2) is 25.7 Å². The number of nitrogens with zero attached hydrogens (tertiary/aromatic N) is 2. The first-order chi connectivity index (χ1) is 12.5. The molecule has 0 bridgehead atoms. The van der Waals surface area contributed by atoms with Gasteiger partial charge in [0.05, 0.1) is 5.52 Å². The van der Waals surface area contributed by atoms with E-state index in [9.17, 15) is 19.8 Å². The Labute approximate surface area is 149 Å². The molecule has 0 aliphatic rings. The first kappa shape index (κ1) is 17.5. The van der Waals surface area contributed by atoms with E-state index in [2.05, 4.69) is 10.3 Å². The molecule has 0 atom stereocenters. The van der Waals surface area contributed by atoms with E-state index >= 15 is 0 Å². The lowest BCUT2D eigenvalue weighted by Crippen LogP contribution is -2.25. The number of carbonyl (C=O) groups excluding carboxylic acids is 1. The van der Waals surface area contributed by atoms with Crippen LogP contribution in [0.2, 0.25) is 0 Å². The molecule has 134 valence electrons. The second-order valence-corrected chi connectivity index (χ2v) is 5.88. The monoisotopic (exact) mass is 353 g/mol. The van der Waals surface area contributed by atoms with Gasteiger partial charge in [-0.15, -0.1) is 0 Å². The minimum absolute atomic E-state index is 0.0791. The lowest BCUT2D eigenvalue weighted by atomic mass is 10.1. The Morgan fingerprint density at radius 3 is 2.69 bits per heavy atom. The molecule has 0 saturated heterocycles. The molecule has 0 fully saturated rings. The molecule has 7 nitrogen and oxygen atoms in total. The molecule has 1 amide bonds. The number of pyridine rings is 2. The maximum atomic E-state index is 12.8. The fourth-order valence-electron chi connectivity index (χ4n) is 2.80. The van der Waals surface area contributed by atoms with Gasteiger partial charge in [0.1, 0.15) is 5.56 Å². The number of amides is 1. The van der Waals surface area contributed by atoms with Crippen LogP contribution in [0.5, 0.6) is 11.6 Å². The molecule has 2 heterocycles. The zero-order chi connectivity index (χ0) is 18.7. The average Bonchev–Trinajstić information content (AvgIpc) is 2.64. The number of benzene rings is 1. The zero-order valence-electron chi connectivity index (χ0n) is 14.3. The van der Waals surface area contributed by atoms with Crippen molar-refractivity contribution >= 4 is 22.6 Å². The number of fused-ring (bicyclic) bond motifs is 1. The summed E-state index contributed by atoms with van der Waals surface area (Å²) >= 11 is 0. The summed E-state index contributed by atoms with van der Waals surface area (Å²) in [5.41, 5.74) is -0.371. The predicted octanol–water partition coefficient (Wildman–Crippen LogP) is 2.86. The molecule has 3 N–H and O–H groups in total. The third-order valence-corrected chi connectivity index (χ3v) is 4.13. The summed E-state index contributed by atoms with van der Waals surface area (Å²) in [5, 5.41) is 23.1. The van der Waals surface area contributed by atoms with E-state index in [0.717, 1.165) is 12.8 Å². The number of aromatic hydroxyl groups is 2. The molecule has 0 aliphatic carbocycles. The number of anilines is 1. The van der Waals surface area contributed by atoms with Crippen LogP contribution in [-0.2, 0) is 6.54 Å². The minimum Gasteiger partial charge on any atom is -0.504 e. The number of carbonyl (C=O) groups is 1. The number of hydrogen-bond donors (Lipinski definition) is 3. The quantitative estimate of drug-likeness (QED) is 0.654. The first-order valence-corrected chi connectivity index (χ1v) is 8.34. The van der Waals surface area contributed by atoms with E-state index in [1.165, 1.54) is 18.3 Å². The van der Waals surface area contributed by atoms with Crippen LogP contribution in [0.3, 0.4) is 0 Å². The van der Waals surface area contributed by atoms with Crippen molar-refractivity contribution in [2.45, 2.75) is 26.3 Å². The third kappa shape index (κ3) is 3.11. The highest BCUT2D eigenvalue weighted by molar-refractivity contribution is 6.07. The van der Waals surface area contributed by atoms with Crippen LogP contribution >= 0.6 is 0 Å². The van der Waals surface area contributed by atoms with Crippen molar-refractivity contribution in [3.05, 3.63) is 58.4 Å². The van der Waals surface area contributed by atoms with E-state index in [1.807, 2.05) is 6.92 Å². The molecule has 2 aromatic heterocycles. The van der Waals surface area contributed by atoms with Crippen LogP contribution in [0, 0.1) is 0 Å². The number of para-hydroxylation sites is 1. The van der Waals surface area contributed by atoms with Gasteiger partial charge in [-0.2, -0.15) is 0 Å². The van der Waals surface area contributed by atoms with Crippen LogP contribution in [0.1, 0.15) is 30.1 Å². The summed E-state index contributed by atoms with van der Waals surface area (Å²) in [5.74, 6) is -1.52. The lowest BCUT2D eigenvalue weighted by molar-refractivity contribution is 0.102. The maximum absolute atomic E-state index is 12.8. The van der Waals surface area contributed by atoms with E-state index < -0.39 is 17.2 Å². The molecule has 3 rings (SSSR count). The molecular formula is C19H19N3O4. The van der Waals surface area contributed by atoms with Crippen molar-refractivity contribution in [3.8, 4) is 11.6 Å². The van der Waals surface area contributed by atoms with E-state index in [0.29, 0.717) is 17.4 Å². The number of aromatic nitrogens is 2. The van der Waals surface area contributed by atoms with Crippen molar-refractivity contribution in [1.29, 1.82) is 0 Å². The average molecular weight is 353 g/mol. The fraction of sp³-hybridized carbons (Fsp3) is 0.211. The second-order valence-electron chi connectivity index (χ2n) is 5.88. The van der Waals surface area contributed by atoms with Gasteiger partial charge >= 0.3 is 0 Å². The zero-order valence-corrected chi connectivity index (χ0v) is 14.3. The van der Waals surface area contributed by atoms with Gasteiger partial charge in [0.25, 0.3) is 5.91 Å². The highest BCUT2D eigenvalue weighted by Crippen LogP contribution is 2.25. The number of rotatable bonds is 5. The van der Waals surface area contributed by atoms with Crippen LogP contribution in [0.4, 0.5) is 5.82 Å². The Hall–Kier alpha value is -3.35. The standard InChI is InChI=1S/C19H19N3O4/c1-2-3-11-22-13-8-5-4-7-12(13)16(24)15(19(22)26)18(25)21-17-14(23)9-6-10-20-17/h4-10,23,26H,2-3,11H2,1H3,(H,20,21,25). The summed E-state index contributed by atoms with van der Waals surface area (Å²) in [7, 11) is 0. The van der Waals surface area contributed by atoms with E-state index in [4.69, 9.17) is 0 Å². The van der Waals surface area contributed by atoms with Gasteiger partial charge in [-0.05, 0) is 30.7 Å². The summed E-state index contributed by atoms with van der Waals surface area (Å²) in [6.45, 7) is 2.48. The normalized spacial score (nSPS) is 10.8. The fourth-order valence-corrected chi connectivity index (χ4v) is 2.80. The largest absolute Gasteiger partial charge is 0.504 e. The van der Waals surface area contributed by atoms with Gasteiger partial charge in [-0.25, -0.2) is 4.98 Å². The Balaban J connectivity index is 2.14. The number of hydrogen-bond acceptors (Lipinski definition) is 5. The van der Waals surface area contributed by atoms with Crippen LogP contribution in [0.15, 0.2) is 47.4 Å². The van der Waals surface area contributed by atoms with Crippen molar-refractivity contribution in [2.75, 3.05) is 5.32 Å². The van der Waals surface area contributed by atoms with Crippen LogP contribution < -0.4 is 10.7 Å². The summed E-state index contributed by atoms with van der Waals surface area (Å²) < 4.78 is 1.56.